The zero-order valence-corrected chi connectivity index (χ0v) is 12.0. The first-order valence-electron chi connectivity index (χ1n) is 7.06. The van der Waals surface area contributed by atoms with Crippen molar-refractivity contribution >= 4 is 11.8 Å². The lowest BCUT2D eigenvalue weighted by atomic mass is 9.97. The Bertz CT molecular complexity index is 496. The third-order valence-corrected chi connectivity index (χ3v) is 3.73. The van der Waals surface area contributed by atoms with Crippen LogP contribution < -0.4 is 0 Å². The second kappa shape index (κ2) is 5.75. The van der Waals surface area contributed by atoms with Crippen molar-refractivity contribution in [3.05, 3.63) is 35.9 Å². The van der Waals surface area contributed by atoms with Crippen LogP contribution in [0, 0.1) is 0 Å². The fraction of sp³-hybridized carbons (Fsp3) is 0.500. The quantitative estimate of drug-likeness (QED) is 0.837. The van der Waals surface area contributed by atoms with Gasteiger partial charge in [-0.3, -0.25) is 14.5 Å². The summed E-state index contributed by atoms with van der Waals surface area (Å²) in [4.78, 5) is 25.7. The van der Waals surface area contributed by atoms with E-state index in [2.05, 4.69) is 0 Å². The molecule has 1 aromatic carbocycles. The van der Waals surface area contributed by atoms with Crippen molar-refractivity contribution in [1.82, 2.24) is 4.90 Å². The number of aliphatic hydroxyl groups is 1. The average molecular weight is 275 g/mol. The van der Waals surface area contributed by atoms with E-state index in [0.29, 0.717) is 6.42 Å². The standard InChI is InChI=1S/C16H21NO3/c1-3-9-16(2,20)11-17-14(18)10-13(15(17)19)12-7-5-4-6-8-12/h4-8,13,20H,3,9-11H2,1-2H3. The highest BCUT2D eigenvalue weighted by molar-refractivity contribution is 6.06. The van der Waals surface area contributed by atoms with Crippen LogP contribution in [0.15, 0.2) is 30.3 Å². The lowest BCUT2D eigenvalue weighted by molar-refractivity contribution is -0.142. The summed E-state index contributed by atoms with van der Waals surface area (Å²) in [5.74, 6) is -0.793. The van der Waals surface area contributed by atoms with Crippen molar-refractivity contribution in [3.63, 3.8) is 0 Å². The predicted octanol–water partition coefficient (Wildman–Crippen LogP) is 2.08. The molecule has 0 spiro atoms. The fourth-order valence-electron chi connectivity index (χ4n) is 2.75. The van der Waals surface area contributed by atoms with Gasteiger partial charge in [-0.1, -0.05) is 43.7 Å². The smallest absolute Gasteiger partial charge is 0.237 e. The minimum Gasteiger partial charge on any atom is -0.388 e. The molecule has 1 aliphatic heterocycles. The first-order chi connectivity index (χ1) is 9.44. The molecular weight excluding hydrogens is 254 g/mol. The summed E-state index contributed by atoms with van der Waals surface area (Å²) in [6, 6.07) is 9.34. The number of rotatable bonds is 5. The molecule has 1 saturated heterocycles. The minimum absolute atomic E-state index is 0.0852. The Kier molecular flexibility index (Phi) is 4.23. The number of nitrogens with zero attached hydrogens (tertiary/aromatic N) is 1. The van der Waals surface area contributed by atoms with Crippen LogP contribution in [0.2, 0.25) is 0 Å². The van der Waals surface area contributed by atoms with Crippen molar-refractivity contribution in [2.75, 3.05) is 6.54 Å². The third-order valence-electron chi connectivity index (χ3n) is 3.73. The van der Waals surface area contributed by atoms with E-state index in [1.54, 1.807) is 6.92 Å². The summed E-state index contributed by atoms with van der Waals surface area (Å²) in [5.41, 5.74) is -0.144. The molecule has 20 heavy (non-hydrogen) atoms. The van der Waals surface area contributed by atoms with E-state index < -0.39 is 11.5 Å². The molecule has 0 bridgehead atoms. The second-order valence-corrected chi connectivity index (χ2v) is 5.73. The molecule has 1 aromatic rings. The Balaban J connectivity index is 2.14. The molecule has 1 aliphatic rings. The first-order valence-corrected chi connectivity index (χ1v) is 7.06. The normalized spacial score (nSPS) is 22.1. The molecule has 1 N–H and O–H groups in total. The molecule has 0 saturated carbocycles. The molecule has 4 nitrogen and oxygen atoms in total. The van der Waals surface area contributed by atoms with Crippen molar-refractivity contribution < 1.29 is 14.7 Å². The number of amides is 2. The summed E-state index contributed by atoms with van der Waals surface area (Å²) < 4.78 is 0. The van der Waals surface area contributed by atoms with Gasteiger partial charge in [-0.25, -0.2) is 0 Å². The Morgan fingerprint density at radius 2 is 1.95 bits per heavy atom. The van der Waals surface area contributed by atoms with Gasteiger partial charge in [-0.2, -0.15) is 0 Å². The average Bonchev–Trinajstić information content (AvgIpc) is 2.67. The highest BCUT2D eigenvalue weighted by Crippen LogP contribution is 2.30. The Morgan fingerprint density at radius 3 is 2.55 bits per heavy atom. The molecule has 2 unspecified atom stereocenters. The summed E-state index contributed by atoms with van der Waals surface area (Å²) in [7, 11) is 0. The largest absolute Gasteiger partial charge is 0.388 e. The van der Waals surface area contributed by atoms with E-state index in [1.807, 2.05) is 37.3 Å². The van der Waals surface area contributed by atoms with Crippen LogP contribution >= 0.6 is 0 Å². The van der Waals surface area contributed by atoms with E-state index >= 15 is 0 Å². The van der Waals surface area contributed by atoms with Crippen molar-refractivity contribution in [3.8, 4) is 0 Å². The molecule has 2 amide bonds. The van der Waals surface area contributed by atoms with Crippen LogP contribution in [-0.2, 0) is 9.59 Å². The third kappa shape index (κ3) is 3.07. The number of carbonyl (C=O) groups excluding carboxylic acids is 2. The Hall–Kier alpha value is -1.68. The first kappa shape index (κ1) is 14.7. The zero-order valence-electron chi connectivity index (χ0n) is 12.0. The van der Waals surface area contributed by atoms with Crippen molar-refractivity contribution in [1.29, 1.82) is 0 Å². The molecule has 2 atom stereocenters. The number of hydrogen-bond acceptors (Lipinski definition) is 3. The van der Waals surface area contributed by atoms with Gasteiger partial charge in [0.1, 0.15) is 0 Å². The van der Waals surface area contributed by atoms with E-state index in [1.165, 1.54) is 4.90 Å². The zero-order chi connectivity index (χ0) is 14.8. The number of carbonyl (C=O) groups is 2. The Labute approximate surface area is 119 Å². The Morgan fingerprint density at radius 1 is 1.30 bits per heavy atom. The van der Waals surface area contributed by atoms with Gasteiger partial charge in [0.2, 0.25) is 11.8 Å². The maximum atomic E-state index is 12.4. The van der Waals surface area contributed by atoms with E-state index in [0.717, 1.165) is 12.0 Å². The lowest BCUT2D eigenvalue weighted by Gasteiger charge is -2.27. The van der Waals surface area contributed by atoms with Crippen LogP contribution in [0.3, 0.4) is 0 Å². The van der Waals surface area contributed by atoms with Gasteiger partial charge in [0.05, 0.1) is 18.1 Å². The van der Waals surface area contributed by atoms with Gasteiger partial charge in [0.15, 0.2) is 0 Å². The van der Waals surface area contributed by atoms with Crippen LogP contribution in [0.5, 0.6) is 0 Å². The maximum absolute atomic E-state index is 12.4. The number of β-amino-alcohol motifs (C(OH)–C–C–N with tert-alkyl or cyclic N) is 1. The van der Waals surface area contributed by atoms with Crippen LogP contribution in [0.1, 0.15) is 44.6 Å². The van der Waals surface area contributed by atoms with E-state index in [4.69, 9.17) is 0 Å². The van der Waals surface area contributed by atoms with Gasteiger partial charge >= 0.3 is 0 Å². The molecule has 0 aliphatic carbocycles. The van der Waals surface area contributed by atoms with E-state index in [-0.39, 0.29) is 24.8 Å². The SMILES string of the molecule is CCCC(C)(O)CN1C(=O)CC(c2ccccc2)C1=O. The number of benzene rings is 1. The van der Waals surface area contributed by atoms with Crippen LogP contribution in [0.4, 0.5) is 0 Å². The summed E-state index contributed by atoms with van der Waals surface area (Å²) >= 11 is 0. The van der Waals surface area contributed by atoms with Crippen LogP contribution in [0.25, 0.3) is 0 Å². The molecule has 0 radical (unpaired) electrons. The fourth-order valence-corrected chi connectivity index (χ4v) is 2.75. The summed E-state index contributed by atoms with van der Waals surface area (Å²) in [6.07, 6.45) is 1.58. The molecule has 1 fully saturated rings. The van der Waals surface area contributed by atoms with Gasteiger partial charge in [-0.05, 0) is 18.9 Å². The van der Waals surface area contributed by atoms with Crippen molar-refractivity contribution in [2.45, 2.75) is 44.6 Å². The van der Waals surface area contributed by atoms with Crippen LogP contribution in [-0.4, -0.2) is 34.0 Å². The second-order valence-electron chi connectivity index (χ2n) is 5.73. The molecule has 2 rings (SSSR count). The minimum atomic E-state index is -1.01. The summed E-state index contributed by atoms with van der Waals surface area (Å²) in [5, 5.41) is 10.2. The maximum Gasteiger partial charge on any atom is 0.237 e. The van der Waals surface area contributed by atoms with Crippen molar-refractivity contribution in [2.24, 2.45) is 0 Å². The molecular formula is C16H21NO3. The molecule has 4 heteroatoms. The number of likely N-dealkylation sites (tertiary alicyclic amines) is 1. The van der Waals surface area contributed by atoms with Gasteiger partial charge < -0.3 is 5.11 Å². The van der Waals surface area contributed by atoms with Gasteiger partial charge in [-0.15, -0.1) is 0 Å². The number of imide groups is 1. The van der Waals surface area contributed by atoms with E-state index in [9.17, 15) is 14.7 Å². The predicted molar refractivity (Wildman–Crippen MR) is 76.1 cm³/mol. The van der Waals surface area contributed by atoms with Gasteiger partial charge in [0, 0.05) is 6.42 Å². The topological polar surface area (TPSA) is 57.6 Å². The molecule has 1 heterocycles. The number of hydrogen-bond donors (Lipinski definition) is 1. The highest BCUT2D eigenvalue weighted by atomic mass is 16.3. The highest BCUT2D eigenvalue weighted by Gasteiger charge is 2.41. The summed E-state index contributed by atoms with van der Waals surface area (Å²) in [6.45, 7) is 3.73. The monoisotopic (exact) mass is 275 g/mol. The van der Waals surface area contributed by atoms with Gasteiger partial charge in [0.25, 0.3) is 0 Å². The molecule has 108 valence electrons. The molecule has 0 aromatic heterocycles. The lowest BCUT2D eigenvalue weighted by Crippen LogP contribution is -2.43.